The third-order valence-electron chi connectivity index (χ3n) is 2.19. The van der Waals surface area contributed by atoms with Crippen LogP contribution < -0.4 is 5.73 Å². The maximum atomic E-state index is 12.1. The number of halogens is 3. The number of hydrogen-bond donors (Lipinski definition) is 1. The highest BCUT2D eigenvalue weighted by atomic mass is 19.4. The van der Waals surface area contributed by atoms with Crippen LogP contribution in [0.2, 0.25) is 0 Å². The van der Waals surface area contributed by atoms with Gasteiger partial charge < -0.3 is 5.73 Å². The van der Waals surface area contributed by atoms with Gasteiger partial charge in [0.2, 0.25) is 0 Å². The standard InChI is InChI=1S/C11H15F3N2/c1-8-3-4-10(15)9(5-8)6-16(2)7-11(12,13)14/h3-5H,6-7,15H2,1-2H3. The van der Waals surface area contributed by atoms with E-state index in [1.165, 1.54) is 11.9 Å². The zero-order chi connectivity index (χ0) is 12.3. The van der Waals surface area contributed by atoms with E-state index in [9.17, 15) is 13.2 Å². The van der Waals surface area contributed by atoms with Crippen LogP contribution in [0.4, 0.5) is 18.9 Å². The Labute approximate surface area is 92.9 Å². The predicted octanol–water partition coefficient (Wildman–Crippen LogP) is 2.57. The summed E-state index contributed by atoms with van der Waals surface area (Å²) in [5, 5.41) is 0. The highest BCUT2D eigenvalue weighted by Gasteiger charge is 2.29. The molecule has 0 heterocycles. The molecule has 0 aliphatic carbocycles. The first-order chi connectivity index (χ1) is 7.28. The first-order valence-electron chi connectivity index (χ1n) is 4.88. The van der Waals surface area contributed by atoms with E-state index < -0.39 is 12.7 Å². The van der Waals surface area contributed by atoms with Gasteiger partial charge in [0.1, 0.15) is 0 Å². The molecule has 1 aromatic rings. The molecule has 2 nitrogen and oxygen atoms in total. The molecule has 0 amide bonds. The third kappa shape index (κ3) is 4.10. The van der Waals surface area contributed by atoms with Crippen LogP contribution >= 0.6 is 0 Å². The lowest BCUT2D eigenvalue weighted by Crippen LogP contribution is -2.30. The average molecular weight is 232 g/mol. The van der Waals surface area contributed by atoms with E-state index in [-0.39, 0.29) is 6.54 Å². The van der Waals surface area contributed by atoms with Crippen molar-refractivity contribution in [1.82, 2.24) is 4.90 Å². The second-order valence-corrected chi connectivity index (χ2v) is 3.99. The molecular weight excluding hydrogens is 217 g/mol. The molecule has 0 spiro atoms. The van der Waals surface area contributed by atoms with Gasteiger partial charge in [-0.3, -0.25) is 4.90 Å². The van der Waals surface area contributed by atoms with Gasteiger partial charge in [0.15, 0.2) is 0 Å². The Balaban J connectivity index is 2.69. The van der Waals surface area contributed by atoms with Crippen LogP contribution in [0.3, 0.4) is 0 Å². The fraction of sp³-hybridized carbons (Fsp3) is 0.455. The summed E-state index contributed by atoms with van der Waals surface area (Å²) in [5.74, 6) is 0. The lowest BCUT2D eigenvalue weighted by Gasteiger charge is -2.19. The normalized spacial score (nSPS) is 12.1. The molecule has 0 saturated heterocycles. The van der Waals surface area contributed by atoms with Crippen LogP contribution in [0.5, 0.6) is 0 Å². The van der Waals surface area contributed by atoms with Crippen molar-refractivity contribution in [1.29, 1.82) is 0 Å². The molecule has 0 aromatic heterocycles. The molecule has 5 heteroatoms. The molecule has 0 saturated carbocycles. The van der Waals surface area contributed by atoms with Crippen molar-refractivity contribution < 1.29 is 13.2 Å². The third-order valence-corrected chi connectivity index (χ3v) is 2.19. The molecular formula is C11H15F3N2. The predicted molar refractivity (Wildman–Crippen MR) is 58.0 cm³/mol. The van der Waals surface area contributed by atoms with E-state index >= 15 is 0 Å². The monoisotopic (exact) mass is 232 g/mol. The quantitative estimate of drug-likeness (QED) is 0.811. The molecule has 0 aliphatic rings. The van der Waals surface area contributed by atoms with Crippen molar-refractivity contribution in [3.63, 3.8) is 0 Å². The van der Waals surface area contributed by atoms with Gasteiger partial charge in [0.05, 0.1) is 6.54 Å². The maximum absolute atomic E-state index is 12.1. The lowest BCUT2D eigenvalue weighted by atomic mass is 10.1. The Morgan fingerprint density at radius 2 is 1.94 bits per heavy atom. The molecule has 0 bridgehead atoms. The van der Waals surface area contributed by atoms with Crippen LogP contribution in [0.1, 0.15) is 11.1 Å². The first-order valence-corrected chi connectivity index (χ1v) is 4.88. The molecule has 1 aromatic carbocycles. The summed E-state index contributed by atoms with van der Waals surface area (Å²) < 4.78 is 36.3. The minimum atomic E-state index is -4.17. The summed E-state index contributed by atoms with van der Waals surface area (Å²) in [6, 6.07) is 5.36. The Morgan fingerprint density at radius 1 is 1.31 bits per heavy atom. The summed E-state index contributed by atoms with van der Waals surface area (Å²) in [7, 11) is 1.43. The van der Waals surface area contributed by atoms with Crippen LogP contribution in [-0.4, -0.2) is 24.7 Å². The molecule has 2 N–H and O–H groups in total. The van der Waals surface area contributed by atoms with E-state index in [1.54, 1.807) is 6.07 Å². The van der Waals surface area contributed by atoms with Crippen molar-refractivity contribution >= 4 is 5.69 Å². The molecule has 0 radical (unpaired) electrons. The number of anilines is 1. The van der Waals surface area contributed by atoms with Gasteiger partial charge in [-0.2, -0.15) is 13.2 Å². The topological polar surface area (TPSA) is 29.3 Å². The van der Waals surface area contributed by atoms with Crippen molar-refractivity contribution in [3.05, 3.63) is 29.3 Å². The first kappa shape index (κ1) is 12.8. The molecule has 0 atom stereocenters. The second kappa shape index (κ2) is 4.74. The van der Waals surface area contributed by atoms with Crippen LogP contribution in [0, 0.1) is 6.92 Å². The van der Waals surface area contributed by atoms with Crippen LogP contribution in [0.25, 0.3) is 0 Å². The summed E-state index contributed by atoms with van der Waals surface area (Å²) in [6.07, 6.45) is -4.17. The lowest BCUT2D eigenvalue weighted by molar-refractivity contribution is -0.144. The molecule has 16 heavy (non-hydrogen) atoms. The number of nitrogen functional groups attached to an aromatic ring is 1. The Bertz CT molecular complexity index is 361. The smallest absolute Gasteiger partial charge is 0.398 e. The Morgan fingerprint density at radius 3 is 2.50 bits per heavy atom. The van der Waals surface area contributed by atoms with Crippen molar-refractivity contribution in [2.24, 2.45) is 0 Å². The highest BCUT2D eigenvalue weighted by Crippen LogP contribution is 2.19. The van der Waals surface area contributed by atoms with Crippen LogP contribution in [-0.2, 0) is 6.54 Å². The zero-order valence-electron chi connectivity index (χ0n) is 9.30. The van der Waals surface area contributed by atoms with Crippen LogP contribution in [0.15, 0.2) is 18.2 Å². The minimum absolute atomic E-state index is 0.201. The average Bonchev–Trinajstić information content (AvgIpc) is 2.08. The molecule has 90 valence electrons. The summed E-state index contributed by atoms with van der Waals surface area (Å²) in [4.78, 5) is 1.20. The van der Waals surface area contributed by atoms with Gasteiger partial charge >= 0.3 is 6.18 Å². The molecule has 0 fully saturated rings. The second-order valence-electron chi connectivity index (χ2n) is 3.99. The van der Waals surface area contributed by atoms with E-state index in [0.29, 0.717) is 5.69 Å². The number of nitrogens with zero attached hydrogens (tertiary/aromatic N) is 1. The summed E-state index contributed by atoms with van der Waals surface area (Å²) >= 11 is 0. The Kier molecular flexibility index (Phi) is 3.80. The number of aryl methyl sites for hydroxylation is 1. The number of nitrogens with two attached hydrogens (primary N) is 1. The summed E-state index contributed by atoms with van der Waals surface area (Å²) in [5.41, 5.74) is 7.94. The van der Waals surface area contributed by atoms with Crippen molar-refractivity contribution in [3.8, 4) is 0 Å². The summed E-state index contributed by atoms with van der Waals surface area (Å²) in [6.45, 7) is 1.15. The number of alkyl halides is 3. The van der Waals surface area contributed by atoms with Crippen molar-refractivity contribution in [2.45, 2.75) is 19.6 Å². The van der Waals surface area contributed by atoms with E-state index in [0.717, 1.165) is 11.1 Å². The number of rotatable bonds is 3. The highest BCUT2D eigenvalue weighted by molar-refractivity contribution is 5.48. The minimum Gasteiger partial charge on any atom is -0.398 e. The van der Waals surface area contributed by atoms with Gasteiger partial charge in [-0.05, 0) is 25.6 Å². The number of benzene rings is 1. The number of hydrogen-bond acceptors (Lipinski definition) is 2. The Hall–Kier alpha value is -1.23. The molecule has 1 rings (SSSR count). The SMILES string of the molecule is Cc1ccc(N)c(CN(C)CC(F)(F)F)c1. The van der Waals surface area contributed by atoms with Gasteiger partial charge in [0, 0.05) is 12.2 Å². The zero-order valence-corrected chi connectivity index (χ0v) is 9.30. The largest absolute Gasteiger partial charge is 0.401 e. The van der Waals surface area contributed by atoms with Crippen molar-refractivity contribution in [2.75, 3.05) is 19.3 Å². The van der Waals surface area contributed by atoms with Gasteiger partial charge in [-0.25, -0.2) is 0 Å². The fourth-order valence-corrected chi connectivity index (χ4v) is 1.52. The van der Waals surface area contributed by atoms with E-state index in [4.69, 9.17) is 5.73 Å². The maximum Gasteiger partial charge on any atom is 0.401 e. The molecule has 0 unspecified atom stereocenters. The molecule has 0 aliphatic heterocycles. The van der Waals surface area contributed by atoms with Gasteiger partial charge in [-0.1, -0.05) is 17.7 Å². The van der Waals surface area contributed by atoms with Gasteiger partial charge in [0.25, 0.3) is 0 Å². The fourth-order valence-electron chi connectivity index (χ4n) is 1.52. The van der Waals surface area contributed by atoms with Gasteiger partial charge in [-0.15, -0.1) is 0 Å². The van der Waals surface area contributed by atoms with E-state index in [2.05, 4.69) is 0 Å². The van der Waals surface area contributed by atoms with E-state index in [1.807, 2.05) is 19.1 Å².